The average molecular weight is 356 g/mol. The number of likely N-dealkylation sites (N-methyl/N-ethyl adjacent to an activating group) is 1. The number of benzene rings is 2. The Morgan fingerprint density at radius 3 is 2.92 bits per heavy atom. The fraction of sp³-hybridized carbons (Fsp3) is 0.350. The van der Waals surface area contributed by atoms with Crippen molar-refractivity contribution in [3.8, 4) is 0 Å². The third-order valence-electron chi connectivity index (χ3n) is 4.50. The summed E-state index contributed by atoms with van der Waals surface area (Å²) >= 11 is 1.65. The quantitative estimate of drug-likeness (QED) is 0.780. The number of aliphatic hydroxyl groups excluding tert-OH is 1. The van der Waals surface area contributed by atoms with E-state index in [0.29, 0.717) is 5.56 Å². The molecule has 0 fully saturated rings. The van der Waals surface area contributed by atoms with Crippen LogP contribution in [-0.2, 0) is 6.42 Å². The van der Waals surface area contributed by atoms with E-state index >= 15 is 0 Å². The molecule has 0 radical (unpaired) electrons. The van der Waals surface area contributed by atoms with Gasteiger partial charge in [-0.2, -0.15) is 0 Å². The Morgan fingerprint density at radius 1 is 1.32 bits per heavy atom. The lowest BCUT2D eigenvalue weighted by molar-refractivity contribution is 0.0913. The van der Waals surface area contributed by atoms with Gasteiger partial charge in [0, 0.05) is 30.7 Å². The highest BCUT2D eigenvalue weighted by molar-refractivity contribution is 7.99. The molecule has 0 aliphatic carbocycles. The molecule has 2 aromatic carbocycles. The number of amides is 1. The molecule has 132 valence electrons. The van der Waals surface area contributed by atoms with Crippen LogP contribution in [0, 0.1) is 0 Å². The van der Waals surface area contributed by atoms with Crippen LogP contribution >= 0.6 is 11.8 Å². The van der Waals surface area contributed by atoms with Gasteiger partial charge in [0.25, 0.3) is 5.91 Å². The Labute approximate surface area is 153 Å². The van der Waals surface area contributed by atoms with E-state index in [2.05, 4.69) is 36.3 Å². The van der Waals surface area contributed by atoms with Crippen LogP contribution in [0.5, 0.6) is 0 Å². The molecule has 1 aliphatic heterocycles. The maximum Gasteiger partial charge on any atom is 0.252 e. The van der Waals surface area contributed by atoms with Gasteiger partial charge in [0.15, 0.2) is 0 Å². The molecule has 2 aromatic rings. The van der Waals surface area contributed by atoms with Crippen molar-refractivity contribution in [2.45, 2.75) is 24.3 Å². The van der Waals surface area contributed by atoms with Crippen molar-refractivity contribution in [3.63, 3.8) is 0 Å². The molecule has 5 heteroatoms. The van der Waals surface area contributed by atoms with Crippen LogP contribution in [0.25, 0.3) is 0 Å². The van der Waals surface area contributed by atoms with Gasteiger partial charge >= 0.3 is 0 Å². The van der Waals surface area contributed by atoms with E-state index in [4.69, 9.17) is 0 Å². The molecule has 1 unspecified atom stereocenters. The van der Waals surface area contributed by atoms with Gasteiger partial charge in [-0.1, -0.05) is 31.2 Å². The minimum atomic E-state index is -0.703. The van der Waals surface area contributed by atoms with Crippen molar-refractivity contribution in [1.82, 2.24) is 5.32 Å². The van der Waals surface area contributed by atoms with Crippen LogP contribution in [-0.4, -0.2) is 36.9 Å². The van der Waals surface area contributed by atoms with Crippen LogP contribution in [0.2, 0.25) is 0 Å². The van der Waals surface area contributed by atoms with Crippen LogP contribution in [0.1, 0.15) is 34.5 Å². The first-order chi connectivity index (χ1) is 12.1. The number of carbonyl (C=O) groups is 1. The number of carbonyl (C=O) groups excluding carboxylic acids is 1. The predicted octanol–water partition coefficient (Wildman–Crippen LogP) is 3.25. The second-order valence-corrected chi connectivity index (χ2v) is 7.52. The number of rotatable bonds is 6. The average Bonchev–Trinajstić information content (AvgIpc) is 3.00. The standard InChI is InChI=1S/C20H24N2O2S/c1-3-25-19-7-5-4-6-16(19)20(24)21-13-18(23)15-8-9-17-14(12-15)10-11-22(17)2/h4-9,12,18,23H,3,10-11,13H2,1-2H3,(H,21,24). The summed E-state index contributed by atoms with van der Waals surface area (Å²) in [4.78, 5) is 15.7. The highest BCUT2D eigenvalue weighted by Crippen LogP contribution is 2.29. The monoisotopic (exact) mass is 356 g/mol. The van der Waals surface area contributed by atoms with E-state index in [-0.39, 0.29) is 12.5 Å². The molecule has 0 aromatic heterocycles. The minimum absolute atomic E-state index is 0.142. The maximum absolute atomic E-state index is 12.5. The lowest BCUT2D eigenvalue weighted by Gasteiger charge is -2.16. The number of nitrogens with one attached hydrogen (secondary N) is 1. The van der Waals surface area contributed by atoms with Crippen molar-refractivity contribution in [3.05, 3.63) is 59.2 Å². The number of fused-ring (bicyclic) bond motifs is 1. The van der Waals surface area contributed by atoms with Gasteiger partial charge in [0.1, 0.15) is 0 Å². The fourth-order valence-corrected chi connectivity index (χ4v) is 3.93. The lowest BCUT2D eigenvalue weighted by atomic mass is 10.0. The van der Waals surface area contributed by atoms with Crippen LogP contribution in [0.3, 0.4) is 0 Å². The van der Waals surface area contributed by atoms with Crippen LogP contribution in [0.15, 0.2) is 47.4 Å². The van der Waals surface area contributed by atoms with Gasteiger partial charge < -0.3 is 15.3 Å². The van der Waals surface area contributed by atoms with E-state index < -0.39 is 6.10 Å². The normalized spacial score (nSPS) is 14.3. The molecule has 0 saturated heterocycles. The van der Waals surface area contributed by atoms with E-state index in [1.807, 2.05) is 30.3 Å². The van der Waals surface area contributed by atoms with Crippen LogP contribution in [0.4, 0.5) is 5.69 Å². The molecular formula is C20H24N2O2S. The third-order valence-corrected chi connectivity index (χ3v) is 5.46. The summed E-state index contributed by atoms with van der Waals surface area (Å²) in [6.45, 7) is 3.28. The summed E-state index contributed by atoms with van der Waals surface area (Å²) in [6.07, 6.45) is 0.298. The SMILES string of the molecule is CCSc1ccccc1C(=O)NCC(O)c1ccc2c(c1)CCN2C. The first-order valence-electron chi connectivity index (χ1n) is 8.62. The van der Waals surface area contributed by atoms with E-state index in [0.717, 1.165) is 29.2 Å². The number of aliphatic hydroxyl groups is 1. The Balaban J connectivity index is 1.64. The molecule has 2 N–H and O–H groups in total. The highest BCUT2D eigenvalue weighted by Gasteiger charge is 2.18. The molecule has 1 heterocycles. The number of thioether (sulfide) groups is 1. The first kappa shape index (κ1) is 17.8. The predicted molar refractivity (Wildman–Crippen MR) is 104 cm³/mol. The van der Waals surface area contributed by atoms with Crippen molar-refractivity contribution in [2.24, 2.45) is 0 Å². The van der Waals surface area contributed by atoms with Gasteiger partial charge in [-0.3, -0.25) is 4.79 Å². The fourth-order valence-electron chi connectivity index (χ4n) is 3.13. The Kier molecular flexibility index (Phi) is 5.66. The van der Waals surface area contributed by atoms with Crippen molar-refractivity contribution in [2.75, 3.05) is 30.8 Å². The molecule has 1 amide bonds. The summed E-state index contributed by atoms with van der Waals surface area (Å²) < 4.78 is 0. The summed E-state index contributed by atoms with van der Waals surface area (Å²) in [6, 6.07) is 13.6. The molecule has 1 aliphatic rings. The smallest absolute Gasteiger partial charge is 0.252 e. The van der Waals surface area contributed by atoms with Crippen molar-refractivity contribution < 1.29 is 9.90 Å². The van der Waals surface area contributed by atoms with Gasteiger partial charge in [0.05, 0.1) is 11.7 Å². The number of hydrogen-bond acceptors (Lipinski definition) is 4. The van der Waals surface area contributed by atoms with E-state index in [1.165, 1.54) is 11.3 Å². The van der Waals surface area contributed by atoms with Crippen LogP contribution < -0.4 is 10.2 Å². The first-order valence-corrected chi connectivity index (χ1v) is 9.60. The molecule has 25 heavy (non-hydrogen) atoms. The van der Waals surface area contributed by atoms with Gasteiger partial charge in [0.2, 0.25) is 0 Å². The van der Waals surface area contributed by atoms with Crippen molar-refractivity contribution >= 4 is 23.4 Å². The zero-order valence-corrected chi connectivity index (χ0v) is 15.5. The Hall–Kier alpha value is -1.98. The minimum Gasteiger partial charge on any atom is -0.387 e. The zero-order valence-electron chi connectivity index (χ0n) is 14.7. The third kappa shape index (κ3) is 3.99. The molecule has 1 atom stereocenters. The van der Waals surface area contributed by atoms with Gasteiger partial charge in [-0.15, -0.1) is 11.8 Å². The van der Waals surface area contributed by atoms with Gasteiger partial charge in [-0.05, 0) is 41.5 Å². The summed E-state index contributed by atoms with van der Waals surface area (Å²) in [5, 5.41) is 13.3. The zero-order chi connectivity index (χ0) is 17.8. The number of nitrogens with zero attached hydrogens (tertiary/aromatic N) is 1. The highest BCUT2D eigenvalue weighted by atomic mass is 32.2. The summed E-state index contributed by atoms with van der Waals surface area (Å²) in [5.41, 5.74) is 4.00. The lowest BCUT2D eigenvalue weighted by Crippen LogP contribution is -2.28. The molecule has 0 spiro atoms. The molecule has 4 nitrogen and oxygen atoms in total. The van der Waals surface area contributed by atoms with Gasteiger partial charge in [-0.25, -0.2) is 0 Å². The van der Waals surface area contributed by atoms with Crippen molar-refractivity contribution in [1.29, 1.82) is 0 Å². The second-order valence-electron chi connectivity index (χ2n) is 6.21. The molecule has 0 bridgehead atoms. The number of hydrogen-bond donors (Lipinski definition) is 2. The number of anilines is 1. The summed E-state index contributed by atoms with van der Waals surface area (Å²) in [5.74, 6) is 0.771. The summed E-state index contributed by atoms with van der Waals surface area (Å²) in [7, 11) is 2.08. The largest absolute Gasteiger partial charge is 0.387 e. The maximum atomic E-state index is 12.5. The Morgan fingerprint density at radius 2 is 2.12 bits per heavy atom. The molecule has 3 rings (SSSR count). The van der Waals surface area contributed by atoms with E-state index in [9.17, 15) is 9.90 Å². The van der Waals surface area contributed by atoms with E-state index in [1.54, 1.807) is 11.8 Å². The molecular weight excluding hydrogens is 332 g/mol. The molecule has 0 saturated carbocycles. The Bertz CT molecular complexity index is 763. The topological polar surface area (TPSA) is 52.6 Å². The second kappa shape index (κ2) is 7.93.